The Kier molecular flexibility index (Phi) is 4.32. The van der Waals surface area contributed by atoms with Gasteiger partial charge in [0.15, 0.2) is 0 Å². The molecular formula is C23H32N2O2. The van der Waals surface area contributed by atoms with Crippen molar-refractivity contribution >= 4 is 5.91 Å². The molecule has 1 aliphatic heterocycles. The fourth-order valence-electron chi connectivity index (χ4n) is 5.92. The van der Waals surface area contributed by atoms with Gasteiger partial charge in [0, 0.05) is 31.6 Å². The van der Waals surface area contributed by atoms with E-state index < -0.39 is 0 Å². The van der Waals surface area contributed by atoms with Crippen LogP contribution in [0.25, 0.3) is 0 Å². The molecule has 0 radical (unpaired) electrons. The maximum atomic E-state index is 13.5. The third-order valence-electron chi connectivity index (χ3n) is 7.84. The lowest BCUT2D eigenvalue weighted by molar-refractivity contribution is -0.125. The van der Waals surface area contributed by atoms with Gasteiger partial charge in [0.05, 0.1) is 18.6 Å². The van der Waals surface area contributed by atoms with Gasteiger partial charge < -0.3 is 10.1 Å². The van der Waals surface area contributed by atoms with Crippen molar-refractivity contribution in [2.75, 3.05) is 39.4 Å². The van der Waals surface area contributed by atoms with Crippen molar-refractivity contribution in [2.24, 2.45) is 10.8 Å². The quantitative estimate of drug-likeness (QED) is 0.839. The van der Waals surface area contributed by atoms with E-state index in [1.54, 1.807) is 0 Å². The molecule has 1 amide bonds. The highest BCUT2D eigenvalue weighted by atomic mass is 16.5. The molecule has 4 fully saturated rings. The fourth-order valence-corrected chi connectivity index (χ4v) is 5.92. The number of ether oxygens (including phenoxy) is 1. The Hall–Kier alpha value is -1.39. The van der Waals surface area contributed by atoms with E-state index in [9.17, 15) is 4.79 Å². The van der Waals surface area contributed by atoms with Gasteiger partial charge in [-0.25, -0.2) is 0 Å². The van der Waals surface area contributed by atoms with E-state index in [1.807, 2.05) is 0 Å². The zero-order chi connectivity index (χ0) is 18.4. The first-order chi connectivity index (χ1) is 13.2. The number of nitrogens with one attached hydrogen (secondary N) is 1. The molecule has 0 unspecified atom stereocenters. The highest BCUT2D eigenvalue weighted by Crippen LogP contribution is 2.72. The van der Waals surface area contributed by atoms with E-state index in [-0.39, 0.29) is 10.8 Å². The van der Waals surface area contributed by atoms with E-state index >= 15 is 0 Å². The number of carbonyl (C=O) groups is 1. The van der Waals surface area contributed by atoms with Gasteiger partial charge in [0.2, 0.25) is 5.91 Å². The van der Waals surface area contributed by atoms with Crippen LogP contribution < -0.4 is 5.32 Å². The number of hydrogen-bond donors (Lipinski definition) is 1. The van der Waals surface area contributed by atoms with E-state index in [2.05, 4.69) is 40.5 Å². The second kappa shape index (κ2) is 6.59. The van der Waals surface area contributed by atoms with Crippen molar-refractivity contribution in [3.63, 3.8) is 0 Å². The summed E-state index contributed by atoms with van der Waals surface area (Å²) in [5.41, 5.74) is 1.52. The van der Waals surface area contributed by atoms with E-state index in [0.29, 0.717) is 11.3 Å². The summed E-state index contributed by atoms with van der Waals surface area (Å²) in [7, 11) is 0. The molecule has 1 aromatic carbocycles. The van der Waals surface area contributed by atoms with Crippen LogP contribution in [-0.2, 0) is 14.9 Å². The van der Waals surface area contributed by atoms with Gasteiger partial charge in [-0.05, 0) is 43.1 Å². The highest BCUT2D eigenvalue weighted by molar-refractivity contribution is 5.93. The third kappa shape index (κ3) is 3.01. The minimum absolute atomic E-state index is 0.235. The normalized spacial score (nSPS) is 31.0. The Bertz CT molecular complexity index is 688. The van der Waals surface area contributed by atoms with Gasteiger partial charge in [0.25, 0.3) is 0 Å². The van der Waals surface area contributed by atoms with Crippen molar-refractivity contribution < 1.29 is 9.53 Å². The Balaban J connectivity index is 1.28. The van der Waals surface area contributed by atoms with Crippen molar-refractivity contribution in [1.29, 1.82) is 0 Å². The minimum Gasteiger partial charge on any atom is -0.379 e. The van der Waals surface area contributed by atoms with Crippen LogP contribution in [0.4, 0.5) is 0 Å². The molecule has 4 aliphatic rings. The average molecular weight is 369 g/mol. The lowest BCUT2D eigenvalue weighted by Crippen LogP contribution is -2.45. The van der Waals surface area contributed by atoms with Gasteiger partial charge in [-0.2, -0.15) is 0 Å². The molecule has 3 saturated carbocycles. The van der Waals surface area contributed by atoms with Gasteiger partial charge >= 0.3 is 0 Å². The summed E-state index contributed by atoms with van der Waals surface area (Å²) in [6.07, 6.45) is 8.53. The minimum atomic E-state index is -0.264. The summed E-state index contributed by atoms with van der Waals surface area (Å²) < 4.78 is 5.48. The van der Waals surface area contributed by atoms with Gasteiger partial charge in [0.1, 0.15) is 0 Å². The largest absolute Gasteiger partial charge is 0.379 e. The summed E-state index contributed by atoms with van der Waals surface area (Å²) >= 11 is 0. The molecule has 1 atom stereocenters. The average Bonchev–Trinajstić information content (AvgIpc) is 3.55. The van der Waals surface area contributed by atoms with Crippen molar-refractivity contribution in [3.8, 4) is 0 Å². The van der Waals surface area contributed by atoms with Crippen LogP contribution in [-0.4, -0.2) is 50.2 Å². The fraction of sp³-hybridized carbons (Fsp3) is 0.696. The molecule has 5 rings (SSSR count). The Labute approximate surface area is 162 Å². The molecule has 1 N–H and O–H groups in total. The maximum Gasteiger partial charge on any atom is 0.231 e. The number of benzene rings is 1. The van der Waals surface area contributed by atoms with E-state index in [4.69, 9.17) is 4.74 Å². The summed E-state index contributed by atoms with van der Waals surface area (Å²) in [5.74, 6) is 0.295. The predicted octanol–water partition coefficient (Wildman–Crippen LogP) is 3.12. The van der Waals surface area contributed by atoms with Gasteiger partial charge in [-0.1, -0.05) is 43.2 Å². The molecule has 1 spiro atoms. The second-order valence-electron chi connectivity index (χ2n) is 9.51. The molecule has 4 heteroatoms. The first-order valence-electron chi connectivity index (χ1n) is 10.8. The standard InChI is InChI=1S/C23H32N2O2/c26-20(24-17-21(10-11-21)18-25-12-14-27-15-13-25)23(19-6-2-1-3-7-19)16-22(23)8-4-5-9-22/h1-3,6-7H,4-5,8-18H2,(H,24,26)/t23-/m0/s1. The van der Waals surface area contributed by atoms with Gasteiger partial charge in [-0.15, -0.1) is 0 Å². The maximum absolute atomic E-state index is 13.5. The van der Waals surface area contributed by atoms with Crippen molar-refractivity contribution in [2.45, 2.75) is 50.4 Å². The first kappa shape index (κ1) is 17.7. The van der Waals surface area contributed by atoms with Crippen molar-refractivity contribution in [1.82, 2.24) is 10.2 Å². The van der Waals surface area contributed by atoms with Crippen molar-refractivity contribution in [3.05, 3.63) is 35.9 Å². The molecule has 4 nitrogen and oxygen atoms in total. The number of nitrogens with zero attached hydrogens (tertiary/aromatic N) is 1. The van der Waals surface area contributed by atoms with Crippen LogP contribution in [0.1, 0.15) is 50.5 Å². The highest BCUT2D eigenvalue weighted by Gasteiger charge is 2.72. The summed E-state index contributed by atoms with van der Waals surface area (Å²) in [4.78, 5) is 16.0. The first-order valence-corrected chi connectivity index (χ1v) is 10.8. The summed E-state index contributed by atoms with van der Waals surface area (Å²) in [6, 6.07) is 10.6. The molecule has 3 aliphatic carbocycles. The number of carbonyl (C=O) groups excluding carboxylic acids is 1. The second-order valence-corrected chi connectivity index (χ2v) is 9.51. The number of hydrogen-bond acceptors (Lipinski definition) is 3. The summed E-state index contributed by atoms with van der Waals surface area (Å²) in [5, 5.41) is 3.43. The Morgan fingerprint density at radius 3 is 2.41 bits per heavy atom. The van der Waals surface area contributed by atoms with Crippen LogP contribution in [0.3, 0.4) is 0 Å². The molecule has 1 heterocycles. The molecule has 0 aromatic heterocycles. The van der Waals surface area contributed by atoms with Crippen LogP contribution >= 0.6 is 0 Å². The summed E-state index contributed by atoms with van der Waals surface area (Å²) in [6.45, 7) is 5.72. The van der Waals surface area contributed by atoms with Crippen LogP contribution in [0, 0.1) is 10.8 Å². The zero-order valence-corrected chi connectivity index (χ0v) is 16.3. The molecule has 146 valence electrons. The SMILES string of the molecule is O=C(NCC1(CN2CCOCC2)CC1)[C@@]1(c2ccccc2)CC12CCCC2. The zero-order valence-electron chi connectivity index (χ0n) is 16.3. The van der Waals surface area contributed by atoms with Crippen LogP contribution in [0.5, 0.6) is 0 Å². The number of morpholine rings is 1. The smallest absolute Gasteiger partial charge is 0.231 e. The Morgan fingerprint density at radius 1 is 1.04 bits per heavy atom. The molecule has 0 bridgehead atoms. The topological polar surface area (TPSA) is 41.6 Å². The van der Waals surface area contributed by atoms with E-state index in [0.717, 1.165) is 45.8 Å². The van der Waals surface area contributed by atoms with E-state index in [1.165, 1.54) is 44.1 Å². The monoisotopic (exact) mass is 368 g/mol. The third-order valence-corrected chi connectivity index (χ3v) is 7.84. The Morgan fingerprint density at radius 2 is 1.74 bits per heavy atom. The number of amides is 1. The lowest BCUT2D eigenvalue weighted by Gasteiger charge is -2.31. The van der Waals surface area contributed by atoms with Gasteiger partial charge in [-0.3, -0.25) is 9.69 Å². The van der Waals surface area contributed by atoms with Crippen LogP contribution in [0.2, 0.25) is 0 Å². The molecular weight excluding hydrogens is 336 g/mol. The molecule has 27 heavy (non-hydrogen) atoms. The van der Waals surface area contributed by atoms with Crippen LogP contribution in [0.15, 0.2) is 30.3 Å². The molecule has 1 aromatic rings. The number of rotatable bonds is 6. The predicted molar refractivity (Wildman–Crippen MR) is 106 cm³/mol. The molecule has 1 saturated heterocycles. The lowest BCUT2D eigenvalue weighted by atomic mass is 9.84.